The molecule has 2 aromatic rings. The fourth-order valence-corrected chi connectivity index (χ4v) is 2.21. The van der Waals surface area contributed by atoms with Crippen molar-refractivity contribution in [2.45, 2.75) is 19.6 Å². The number of amides is 1. The number of carbonyl (C=O) groups is 2. The number of methoxy groups -OCH3 is 3. The van der Waals surface area contributed by atoms with Gasteiger partial charge in [-0.3, -0.25) is 4.79 Å². The summed E-state index contributed by atoms with van der Waals surface area (Å²) in [5, 5.41) is 2.63. The minimum atomic E-state index is -0.989. The zero-order chi connectivity index (χ0) is 19.1. The predicted octanol–water partition coefficient (Wildman–Crippen LogP) is 2.17. The molecule has 1 heterocycles. The summed E-state index contributed by atoms with van der Waals surface area (Å²) in [6.07, 6.45) is 0.520. The number of hydrogen-bond donors (Lipinski definition) is 1. The lowest BCUT2D eigenvalue weighted by atomic mass is 10.2. The molecule has 0 aliphatic heterocycles. The van der Waals surface area contributed by atoms with Gasteiger partial charge in [0, 0.05) is 0 Å². The monoisotopic (exact) mass is 363 g/mol. The number of nitrogens with one attached hydrogen (secondary N) is 1. The van der Waals surface area contributed by atoms with Crippen LogP contribution in [0.3, 0.4) is 0 Å². The van der Waals surface area contributed by atoms with Crippen LogP contribution in [0.2, 0.25) is 0 Å². The summed E-state index contributed by atoms with van der Waals surface area (Å²) in [4.78, 5) is 24.4. The molecule has 2 rings (SSSR count). The van der Waals surface area contributed by atoms with Crippen LogP contribution in [0.1, 0.15) is 23.0 Å². The molecule has 1 atom stereocenters. The van der Waals surface area contributed by atoms with Crippen molar-refractivity contribution in [3.63, 3.8) is 0 Å². The van der Waals surface area contributed by atoms with Crippen molar-refractivity contribution < 1.29 is 33.0 Å². The van der Waals surface area contributed by atoms with E-state index in [2.05, 4.69) is 5.32 Å². The first-order valence-electron chi connectivity index (χ1n) is 7.81. The van der Waals surface area contributed by atoms with Gasteiger partial charge >= 0.3 is 5.97 Å². The molecule has 26 heavy (non-hydrogen) atoms. The van der Waals surface area contributed by atoms with Crippen LogP contribution < -0.4 is 19.5 Å². The largest absolute Gasteiger partial charge is 0.493 e. The van der Waals surface area contributed by atoms with Gasteiger partial charge in [-0.05, 0) is 31.2 Å². The molecular formula is C18H21NO7. The Balaban J connectivity index is 2.05. The lowest BCUT2D eigenvalue weighted by molar-refractivity contribution is -0.129. The molecule has 140 valence electrons. The Labute approximate surface area is 151 Å². The summed E-state index contributed by atoms with van der Waals surface area (Å²) in [7, 11) is 4.35. The average molecular weight is 363 g/mol. The molecule has 0 fully saturated rings. The van der Waals surface area contributed by atoms with Crippen LogP contribution in [-0.2, 0) is 16.1 Å². The van der Waals surface area contributed by atoms with E-state index in [1.165, 1.54) is 46.6 Å². The SMILES string of the molecule is COc1cc(C(=O)O[C@H](C)C(=O)NCc2ccco2)cc(OC)c1OC. The molecule has 0 unspecified atom stereocenters. The summed E-state index contributed by atoms with van der Waals surface area (Å²) < 4.78 is 25.9. The highest BCUT2D eigenvalue weighted by atomic mass is 16.5. The average Bonchev–Trinajstić information content (AvgIpc) is 3.18. The second-order valence-corrected chi connectivity index (χ2v) is 5.26. The fourth-order valence-electron chi connectivity index (χ4n) is 2.21. The minimum absolute atomic E-state index is 0.171. The summed E-state index contributed by atoms with van der Waals surface area (Å²) in [5.74, 6) is 0.451. The summed E-state index contributed by atoms with van der Waals surface area (Å²) in [5.41, 5.74) is 0.171. The van der Waals surface area contributed by atoms with E-state index < -0.39 is 18.0 Å². The van der Waals surface area contributed by atoms with Gasteiger partial charge in [0.25, 0.3) is 5.91 Å². The quantitative estimate of drug-likeness (QED) is 0.718. The molecule has 1 amide bonds. The minimum Gasteiger partial charge on any atom is -0.493 e. The molecule has 0 bridgehead atoms. The fraction of sp³-hybridized carbons (Fsp3) is 0.333. The van der Waals surface area contributed by atoms with Gasteiger partial charge in [-0.15, -0.1) is 0 Å². The number of esters is 1. The van der Waals surface area contributed by atoms with Crippen molar-refractivity contribution >= 4 is 11.9 Å². The molecule has 0 spiro atoms. The van der Waals surface area contributed by atoms with Gasteiger partial charge in [-0.2, -0.15) is 0 Å². The second-order valence-electron chi connectivity index (χ2n) is 5.26. The Morgan fingerprint density at radius 2 is 1.77 bits per heavy atom. The molecule has 8 heteroatoms. The molecule has 0 aliphatic rings. The third-order valence-electron chi connectivity index (χ3n) is 3.57. The molecule has 0 saturated heterocycles. The van der Waals surface area contributed by atoms with E-state index in [1.54, 1.807) is 12.1 Å². The molecule has 8 nitrogen and oxygen atoms in total. The molecule has 1 aromatic carbocycles. The van der Waals surface area contributed by atoms with Crippen molar-refractivity contribution in [1.82, 2.24) is 5.32 Å². The number of rotatable bonds is 8. The van der Waals surface area contributed by atoms with Gasteiger partial charge in [0.1, 0.15) is 5.76 Å². The number of carbonyl (C=O) groups excluding carboxylic acids is 2. The van der Waals surface area contributed by atoms with E-state index in [4.69, 9.17) is 23.4 Å². The molecule has 0 radical (unpaired) electrons. The maximum atomic E-state index is 12.4. The Bertz CT molecular complexity index is 730. The number of furan rings is 1. The summed E-state index contributed by atoms with van der Waals surface area (Å²) in [6, 6.07) is 6.36. The molecule has 0 saturated carbocycles. The van der Waals surface area contributed by atoms with E-state index in [9.17, 15) is 9.59 Å². The zero-order valence-electron chi connectivity index (χ0n) is 15.0. The lowest BCUT2D eigenvalue weighted by Crippen LogP contribution is -2.35. The predicted molar refractivity (Wildman–Crippen MR) is 91.5 cm³/mol. The van der Waals surface area contributed by atoms with E-state index in [1.807, 2.05) is 0 Å². The smallest absolute Gasteiger partial charge is 0.339 e. The number of benzene rings is 1. The van der Waals surface area contributed by atoms with Crippen molar-refractivity contribution in [3.8, 4) is 17.2 Å². The molecule has 1 N–H and O–H groups in total. The van der Waals surface area contributed by atoms with Gasteiger partial charge in [-0.1, -0.05) is 0 Å². The maximum absolute atomic E-state index is 12.4. The van der Waals surface area contributed by atoms with Crippen LogP contribution in [0, 0.1) is 0 Å². The van der Waals surface area contributed by atoms with Crippen LogP contribution in [0.25, 0.3) is 0 Å². The first kappa shape index (κ1) is 19.2. The summed E-state index contributed by atoms with van der Waals surface area (Å²) in [6.45, 7) is 1.69. The Morgan fingerprint density at radius 3 is 2.27 bits per heavy atom. The van der Waals surface area contributed by atoms with Crippen LogP contribution in [0.4, 0.5) is 0 Å². The molecular weight excluding hydrogens is 342 g/mol. The van der Waals surface area contributed by atoms with E-state index >= 15 is 0 Å². The maximum Gasteiger partial charge on any atom is 0.339 e. The van der Waals surface area contributed by atoms with Crippen LogP contribution in [0.15, 0.2) is 34.9 Å². The summed E-state index contributed by atoms with van der Waals surface area (Å²) >= 11 is 0. The Kier molecular flexibility index (Phi) is 6.48. The van der Waals surface area contributed by atoms with Crippen LogP contribution >= 0.6 is 0 Å². The topological polar surface area (TPSA) is 96.2 Å². The highest BCUT2D eigenvalue weighted by Gasteiger charge is 2.22. The standard InChI is InChI=1S/C18H21NO7/c1-11(17(20)19-10-13-6-5-7-25-13)26-18(21)12-8-14(22-2)16(24-4)15(9-12)23-3/h5-9,11H,10H2,1-4H3,(H,19,20)/t11-/m1/s1. The molecule has 1 aromatic heterocycles. The number of ether oxygens (including phenoxy) is 4. The Morgan fingerprint density at radius 1 is 1.12 bits per heavy atom. The van der Waals surface area contributed by atoms with Gasteiger partial charge < -0.3 is 28.7 Å². The molecule has 0 aliphatic carbocycles. The highest BCUT2D eigenvalue weighted by Crippen LogP contribution is 2.38. The lowest BCUT2D eigenvalue weighted by Gasteiger charge is -2.16. The normalized spacial score (nSPS) is 11.4. The zero-order valence-corrected chi connectivity index (χ0v) is 15.0. The second kappa shape index (κ2) is 8.80. The number of hydrogen-bond acceptors (Lipinski definition) is 7. The highest BCUT2D eigenvalue weighted by molar-refractivity contribution is 5.93. The van der Waals surface area contributed by atoms with Crippen LogP contribution in [-0.4, -0.2) is 39.3 Å². The van der Waals surface area contributed by atoms with Gasteiger partial charge in [0.15, 0.2) is 17.6 Å². The first-order chi connectivity index (χ1) is 12.5. The van der Waals surface area contributed by atoms with Crippen molar-refractivity contribution in [2.24, 2.45) is 0 Å². The van der Waals surface area contributed by atoms with Crippen molar-refractivity contribution in [2.75, 3.05) is 21.3 Å². The van der Waals surface area contributed by atoms with E-state index in [0.29, 0.717) is 23.0 Å². The van der Waals surface area contributed by atoms with Crippen molar-refractivity contribution in [3.05, 3.63) is 41.9 Å². The van der Waals surface area contributed by atoms with E-state index in [0.717, 1.165) is 0 Å². The third kappa shape index (κ3) is 4.47. The van der Waals surface area contributed by atoms with Crippen molar-refractivity contribution in [1.29, 1.82) is 0 Å². The van der Waals surface area contributed by atoms with Gasteiger partial charge in [0.05, 0.1) is 39.7 Å². The van der Waals surface area contributed by atoms with Gasteiger partial charge in [0.2, 0.25) is 5.75 Å². The van der Waals surface area contributed by atoms with Gasteiger partial charge in [-0.25, -0.2) is 4.79 Å². The Hall–Kier alpha value is -3.16. The van der Waals surface area contributed by atoms with E-state index in [-0.39, 0.29) is 12.1 Å². The first-order valence-corrected chi connectivity index (χ1v) is 7.81. The third-order valence-corrected chi connectivity index (χ3v) is 3.57. The van der Waals surface area contributed by atoms with Crippen LogP contribution in [0.5, 0.6) is 17.2 Å².